The molecule has 0 atom stereocenters. The molecule has 1 aromatic carbocycles. The predicted octanol–water partition coefficient (Wildman–Crippen LogP) is 2.76. The van der Waals surface area contributed by atoms with Crippen LogP contribution in [-0.4, -0.2) is 0 Å². The average Bonchev–Trinajstić information content (AvgIpc) is 2.68. The zero-order valence-corrected chi connectivity index (χ0v) is 9.71. The number of nitrogens with two attached hydrogens (primary N) is 2. The van der Waals surface area contributed by atoms with Crippen molar-refractivity contribution in [2.24, 2.45) is 11.5 Å². The van der Waals surface area contributed by atoms with Crippen molar-refractivity contribution in [2.75, 3.05) is 0 Å². The summed E-state index contributed by atoms with van der Waals surface area (Å²) in [4.78, 5) is 1.28. The molecule has 2 rings (SSSR count). The fraction of sp³-hybridized carbons (Fsp3) is 0.0769. The van der Waals surface area contributed by atoms with E-state index >= 15 is 0 Å². The molecule has 16 heavy (non-hydrogen) atoms. The van der Waals surface area contributed by atoms with Gasteiger partial charge in [0.2, 0.25) is 0 Å². The van der Waals surface area contributed by atoms with Gasteiger partial charge in [-0.3, -0.25) is 0 Å². The van der Waals surface area contributed by atoms with Gasteiger partial charge in [0.05, 0.1) is 0 Å². The second-order valence-corrected chi connectivity index (χ2v) is 4.72. The van der Waals surface area contributed by atoms with Gasteiger partial charge in [-0.2, -0.15) is 0 Å². The van der Waals surface area contributed by atoms with Gasteiger partial charge < -0.3 is 11.5 Å². The van der Waals surface area contributed by atoms with Crippen molar-refractivity contribution in [2.45, 2.75) is 6.42 Å². The Morgan fingerprint density at radius 3 is 2.88 bits per heavy atom. The van der Waals surface area contributed by atoms with Crippen molar-refractivity contribution in [3.05, 3.63) is 59.3 Å². The van der Waals surface area contributed by atoms with Crippen molar-refractivity contribution in [1.29, 1.82) is 0 Å². The fourth-order valence-corrected chi connectivity index (χ4v) is 2.66. The third-order valence-corrected chi connectivity index (χ3v) is 3.39. The van der Waals surface area contributed by atoms with Crippen LogP contribution < -0.4 is 11.5 Å². The third kappa shape index (κ3) is 2.44. The first-order valence-electron chi connectivity index (χ1n) is 5.10. The Labute approximate surface area is 98.9 Å². The van der Waals surface area contributed by atoms with Gasteiger partial charge in [-0.1, -0.05) is 18.2 Å². The normalized spacial score (nSPS) is 12.6. The molecule has 2 nitrogen and oxygen atoms in total. The molecule has 1 heterocycles. The minimum absolute atomic E-state index is 0.781. The lowest BCUT2D eigenvalue weighted by molar-refractivity contribution is 1.14. The van der Waals surface area contributed by atoms with Crippen molar-refractivity contribution in [1.82, 2.24) is 0 Å². The molecule has 0 aliphatic heterocycles. The minimum Gasteiger partial charge on any atom is -0.405 e. The topological polar surface area (TPSA) is 52.0 Å². The van der Waals surface area contributed by atoms with Gasteiger partial charge in [-0.05, 0) is 35.9 Å². The zero-order chi connectivity index (χ0) is 11.4. The minimum atomic E-state index is 0.781. The highest BCUT2D eigenvalue weighted by Gasteiger charge is 2.01. The summed E-state index contributed by atoms with van der Waals surface area (Å²) in [5, 5.41) is 1.28. The van der Waals surface area contributed by atoms with Crippen LogP contribution in [0, 0.1) is 0 Å². The summed E-state index contributed by atoms with van der Waals surface area (Å²) < 4.78 is 1.31. The standard InChI is InChI=1S/C13H14N2S/c14-7-3-5-11(15)9-12-8-10-4-1-2-6-13(10)16-12/h1-8H,9,14-15H2/b7-3-,11-5+. The Balaban J connectivity index is 2.21. The highest BCUT2D eigenvalue weighted by atomic mass is 32.1. The Hall–Kier alpha value is -1.74. The molecule has 0 aliphatic carbocycles. The van der Waals surface area contributed by atoms with Gasteiger partial charge in [0.25, 0.3) is 0 Å². The Kier molecular flexibility index (Phi) is 3.27. The maximum absolute atomic E-state index is 5.87. The number of fused-ring (bicyclic) bond motifs is 1. The van der Waals surface area contributed by atoms with E-state index in [2.05, 4.69) is 30.3 Å². The van der Waals surface area contributed by atoms with E-state index < -0.39 is 0 Å². The summed E-state index contributed by atoms with van der Waals surface area (Å²) in [6.45, 7) is 0. The van der Waals surface area contributed by atoms with E-state index in [-0.39, 0.29) is 0 Å². The largest absolute Gasteiger partial charge is 0.405 e. The first-order valence-corrected chi connectivity index (χ1v) is 5.91. The molecule has 0 spiro atoms. The molecular weight excluding hydrogens is 216 g/mol. The van der Waals surface area contributed by atoms with Gasteiger partial charge in [0.1, 0.15) is 0 Å². The Morgan fingerprint density at radius 2 is 2.12 bits per heavy atom. The first-order chi connectivity index (χ1) is 7.79. The lowest BCUT2D eigenvalue weighted by Crippen LogP contribution is -1.99. The molecule has 4 N–H and O–H groups in total. The van der Waals surface area contributed by atoms with Crippen LogP contribution in [-0.2, 0) is 6.42 Å². The average molecular weight is 230 g/mol. The van der Waals surface area contributed by atoms with E-state index in [0.717, 1.165) is 12.1 Å². The summed E-state index contributed by atoms with van der Waals surface area (Å²) in [6.07, 6.45) is 5.86. The number of hydrogen-bond acceptors (Lipinski definition) is 3. The molecular formula is C13H14N2S. The Morgan fingerprint density at radius 1 is 1.31 bits per heavy atom. The molecule has 82 valence electrons. The van der Waals surface area contributed by atoms with Crippen LogP contribution in [0.25, 0.3) is 10.1 Å². The van der Waals surface area contributed by atoms with Gasteiger partial charge >= 0.3 is 0 Å². The van der Waals surface area contributed by atoms with Crippen molar-refractivity contribution in [3.8, 4) is 0 Å². The molecule has 2 aromatic rings. The number of rotatable bonds is 3. The van der Waals surface area contributed by atoms with Crippen LogP contribution >= 0.6 is 11.3 Å². The van der Waals surface area contributed by atoms with Crippen molar-refractivity contribution >= 4 is 21.4 Å². The van der Waals surface area contributed by atoms with Crippen LogP contribution in [0.1, 0.15) is 4.88 Å². The molecule has 0 amide bonds. The van der Waals surface area contributed by atoms with Gasteiger partial charge in [0, 0.05) is 21.7 Å². The molecule has 0 saturated carbocycles. The molecule has 0 bridgehead atoms. The highest BCUT2D eigenvalue weighted by Crippen LogP contribution is 2.26. The van der Waals surface area contributed by atoms with Crippen LogP contribution in [0.4, 0.5) is 0 Å². The van der Waals surface area contributed by atoms with E-state index in [1.165, 1.54) is 21.2 Å². The molecule has 0 saturated heterocycles. The second-order valence-electron chi connectivity index (χ2n) is 3.55. The molecule has 1 aromatic heterocycles. The molecule has 0 aliphatic rings. The van der Waals surface area contributed by atoms with Crippen molar-refractivity contribution in [3.63, 3.8) is 0 Å². The quantitative estimate of drug-likeness (QED) is 0.797. The SMILES string of the molecule is N/C=C\C=C(\N)Cc1cc2ccccc2s1. The zero-order valence-electron chi connectivity index (χ0n) is 8.89. The summed E-state index contributed by atoms with van der Waals surface area (Å²) in [6, 6.07) is 10.5. The number of hydrogen-bond donors (Lipinski definition) is 2. The highest BCUT2D eigenvalue weighted by molar-refractivity contribution is 7.19. The third-order valence-electron chi connectivity index (χ3n) is 2.28. The monoisotopic (exact) mass is 230 g/mol. The maximum atomic E-state index is 5.87. The lowest BCUT2D eigenvalue weighted by Gasteiger charge is -1.95. The Bertz CT molecular complexity index is 505. The van der Waals surface area contributed by atoms with Crippen LogP contribution in [0.5, 0.6) is 0 Å². The summed E-state index contributed by atoms with van der Waals surface area (Å²) >= 11 is 1.78. The van der Waals surface area contributed by atoms with Gasteiger partial charge in [-0.25, -0.2) is 0 Å². The van der Waals surface area contributed by atoms with Crippen molar-refractivity contribution < 1.29 is 0 Å². The fourth-order valence-electron chi connectivity index (χ4n) is 1.56. The van der Waals surface area contributed by atoms with Gasteiger partial charge in [0.15, 0.2) is 0 Å². The molecule has 0 fully saturated rings. The van der Waals surface area contributed by atoms with Crippen LogP contribution in [0.3, 0.4) is 0 Å². The summed E-state index contributed by atoms with van der Waals surface area (Å²) in [7, 11) is 0. The number of thiophene rings is 1. The summed E-state index contributed by atoms with van der Waals surface area (Å²) in [5.41, 5.74) is 12.0. The molecule has 0 radical (unpaired) electrons. The first kappa shape index (κ1) is 10.8. The van der Waals surface area contributed by atoms with E-state index in [1.807, 2.05) is 6.08 Å². The van der Waals surface area contributed by atoms with Crippen LogP contribution in [0.2, 0.25) is 0 Å². The maximum Gasteiger partial charge on any atom is 0.0345 e. The van der Waals surface area contributed by atoms with Gasteiger partial charge in [-0.15, -0.1) is 11.3 Å². The van der Waals surface area contributed by atoms with E-state index in [0.29, 0.717) is 0 Å². The van der Waals surface area contributed by atoms with E-state index in [4.69, 9.17) is 11.5 Å². The lowest BCUT2D eigenvalue weighted by atomic mass is 10.2. The number of allylic oxidation sites excluding steroid dienone is 3. The number of benzene rings is 1. The van der Waals surface area contributed by atoms with E-state index in [9.17, 15) is 0 Å². The predicted molar refractivity (Wildman–Crippen MR) is 71.1 cm³/mol. The smallest absolute Gasteiger partial charge is 0.0345 e. The second kappa shape index (κ2) is 4.86. The molecule has 0 unspecified atom stereocenters. The summed E-state index contributed by atoms with van der Waals surface area (Å²) in [5.74, 6) is 0. The molecule has 3 heteroatoms. The van der Waals surface area contributed by atoms with Crippen LogP contribution in [0.15, 0.2) is 54.4 Å². The van der Waals surface area contributed by atoms with E-state index in [1.54, 1.807) is 17.4 Å².